The van der Waals surface area contributed by atoms with Crippen LogP contribution in [0.4, 0.5) is 18.0 Å². The van der Waals surface area contributed by atoms with Crippen LogP contribution in [0, 0.1) is 0 Å². The lowest BCUT2D eigenvalue weighted by Crippen LogP contribution is -2.52. The summed E-state index contributed by atoms with van der Waals surface area (Å²) in [6.45, 7) is 2.76. The zero-order chi connectivity index (χ0) is 37.5. The average molecular weight is 769 g/mol. The lowest BCUT2D eigenvalue weighted by atomic mass is 9.93. The van der Waals surface area contributed by atoms with Gasteiger partial charge in [0.25, 0.3) is 5.91 Å². The molecule has 2 N–H and O–H groups in total. The van der Waals surface area contributed by atoms with Crippen molar-refractivity contribution in [2.75, 3.05) is 26.2 Å². The zero-order valence-corrected chi connectivity index (χ0v) is 30.3. The van der Waals surface area contributed by atoms with Crippen LogP contribution in [0.1, 0.15) is 59.7 Å². The van der Waals surface area contributed by atoms with Gasteiger partial charge in [0.05, 0.1) is 36.9 Å². The van der Waals surface area contributed by atoms with E-state index in [1.165, 1.54) is 6.07 Å². The maximum absolute atomic E-state index is 14.8. The van der Waals surface area contributed by atoms with Crippen LogP contribution in [-0.2, 0) is 22.4 Å². The van der Waals surface area contributed by atoms with Crippen LogP contribution in [0.3, 0.4) is 0 Å². The number of benzene rings is 4. The quantitative estimate of drug-likeness (QED) is 0.150. The smallest absolute Gasteiger partial charge is 0.416 e. The van der Waals surface area contributed by atoms with E-state index < -0.39 is 23.8 Å². The molecule has 2 aliphatic rings. The number of hydrogen-bond donors (Lipinski definition) is 2. The number of likely N-dealkylation sites (tertiary alicyclic amines) is 1. The Morgan fingerprint density at radius 1 is 0.887 bits per heavy atom. The standard InChI is InChI=1S/C39H38Cl2F3N5O4/c1-2-52-33-22-28(39(42,43)44)12-17-32(33)37-46-35(26-8-13-29(40)14-9-26)36(27-10-15-30(41)16-11-27)49(37)38(51)48-20-18-31(19-21-48)45-23-34(50)47-53-24-25-6-4-3-5-7-25/h3-17,22,31,35-36,45H,2,18-21,23-24H2,1H3,(H,47,50). The van der Waals surface area contributed by atoms with Gasteiger partial charge in [-0.3, -0.25) is 19.5 Å². The molecule has 0 bridgehead atoms. The molecule has 14 heteroatoms. The molecule has 0 radical (unpaired) electrons. The molecule has 1 saturated heterocycles. The van der Waals surface area contributed by atoms with Gasteiger partial charge >= 0.3 is 12.2 Å². The van der Waals surface area contributed by atoms with Crippen molar-refractivity contribution in [2.45, 2.75) is 50.7 Å². The fourth-order valence-electron chi connectivity index (χ4n) is 6.49. The van der Waals surface area contributed by atoms with Crippen LogP contribution in [0.2, 0.25) is 10.0 Å². The van der Waals surface area contributed by atoms with E-state index in [9.17, 15) is 22.8 Å². The molecule has 2 unspecified atom stereocenters. The third-order valence-corrected chi connectivity index (χ3v) is 9.63. The maximum atomic E-state index is 14.8. The number of nitrogens with one attached hydrogen (secondary N) is 2. The van der Waals surface area contributed by atoms with Gasteiger partial charge in [0.2, 0.25) is 0 Å². The molecule has 2 atom stereocenters. The number of aliphatic imine (C=N–C) groups is 1. The molecule has 6 rings (SSSR count). The molecule has 2 aliphatic heterocycles. The second-order valence-electron chi connectivity index (χ2n) is 12.7. The highest BCUT2D eigenvalue weighted by Gasteiger charge is 2.45. The molecule has 4 aromatic carbocycles. The van der Waals surface area contributed by atoms with Gasteiger partial charge in [-0.25, -0.2) is 10.3 Å². The van der Waals surface area contributed by atoms with Gasteiger partial charge < -0.3 is 15.0 Å². The number of piperidine rings is 1. The molecular formula is C39H38Cl2F3N5O4. The first-order chi connectivity index (χ1) is 25.5. The monoisotopic (exact) mass is 767 g/mol. The van der Waals surface area contributed by atoms with Crippen molar-refractivity contribution in [1.29, 1.82) is 0 Å². The van der Waals surface area contributed by atoms with Gasteiger partial charge in [0.15, 0.2) is 0 Å². The molecule has 278 valence electrons. The number of carbonyl (C=O) groups is 2. The molecule has 1 fully saturated rings. The minimum absolute atomic E-state index is 0.0336. The summed E-state index contributed by atoms with van der Waals surface area (Å²) in [5.74, 6) is -0.183. The summed E-state index contributed by atoms with van der Waals surface area (Å²) in [6, 6.07) is 25.1. The number of hydrogen-bond acceptors (Lipinski definition) is 6. The van der Waals surface area contributed by atoms with Crippen LogP contribution in [0.5, 0.6) is 5.75 Å². The topological polar surface area (TPSA) is 95.5 Å². The van der Waals surface area contributed by atoms with E-state index in [0.717, 1.165) is 28.8 Å². The molecule has 0 saturated carbocycles. The molecule has 4 aromatic rings. The van der Waals surface area contributed by atoms with E-state index in [2.05, 4.69) is 10.8 Å². The number of halogens is 5. The van der Waals surface area contributed by atoms with Gasteiger partial charge in [-0.05, 0) is 78.9 Å². The second-order valence-corrected chi connectivity index (χ2v) is 13.6. The van der Waals surface area contributed by atoms with Crippen molar-refractivity contribution in [3.05, 3.63) is 135 Å². The van der Waals surface area contributed by atoms with E-state index in [1.807, 2.05) is 54.6 Å². The maximum Gasteiger partial charge on any atom is 0.416 e. The first kappa shape index (κ1) is 38.1. The highest BCUT2D eigenvalue weighted by molar-refractivity contribution is 6.30. The summed E-state index contributed by atoms with van der Waals surface area (Å²) < 4.78 is 47.3. The van der Waals surface area contributed by atoms with E-state index >= 15 is 0 Å². The van der Waals surface area contributed by atoms with Crippen molar-refractivity contribution in [3.63, 3.8) is 0 Å². The number of hydroxylamine groups is 1. The summed E-state index contributed by atoms with van der Waals surface area (Å²) in [7, 11) is 0. The predicted octanol–water partition coefficient (Wildman–Crippen LogP) is 8.38. The first-order valence-corrected chi connectivity index (χ1v) is 18.0. The lowest BCUT2D eigenvalue weighted by molar-refractivity contribution is -0.137. The van der Waals surface area contributed by atoms with Gasteiger partial charge in [-0.15, -0.1) is 0 Å². The number of alkyl halides is 3. The summed E-state index contributed by atoms with van der Waals surface area (Å²) >= 11 is 12.5. The first-order valence-electron chi connectivity index (χ1n) is 17.2. The number of ether oxygens (including phenoxy) is 1. The van der Waals surface area contributed by atoms with Crippen LogP contribution in [0.25, 0.3) is 0 Å². The molecule has 3 amide bonds. The molecule has 0 spiro atoms. The number of rotatable bonds is 11. The summed E-state index contributed by atoms with van der Waals surface area (Å²) in [5.41, 5.74) is 4.22. The van der Waals surface area contributed by atoms with E-state index in [-0.39, 0.29) is 54.9 Å². The van der Waals surface area contributed by atoms with Gasteiger partial charge in [0, 0.05) is 29.2 Å². The SMILES string of the molecule is CCOc1cc(C(F)(F)F)ccc1C1=NC(c2ccc(Cl)cc2)C(c2ccc(Cl)cc2)N1C(=O)N1CCC(NCC(=O)NOCc2ccccc2)CC1. The normalized spacial score (nSPS) is 17.8. The number of nitrogens with zero attached hydrogens (tertiary/aromatic N) is 3. The molecular weight excluding hydrogens is 730 g/mol. The number of amides is 3. The van der Waals surface area contributed by atoms with Gasteiger partial charge in [-0.1, -0.05) is 77.8 Å². The van der Waals surface area contributed by atoms with Gasteiger partial charge in [0.1, 0.15) is 17.6 Å². The number of urea groups is 1. The summed E-state index contributed by atoms with van der Waals surface area (Å²) in [4.78, 5) is 40.9. The van der Waals surface area contributed by atoms with Gasteiger partial charge in [-0.2, -0.15) is 13.2 Å². The second kappa shape index (κ2) is 17.0. The fraction of sp³-hybridized carbons (Fsp3) is 0.308. The van der Waals surface area contributed by atoms with Crippen LogP contribution in [-0.4, -0.2) is 59.9 Å². The number of amidine groups is 1. The summed E-state index contributed by atoms with van der Waals surface area (Å²) in [5, 5.41) is 4.26. The van der Waals surface area contributed by atoms with E-state index in [0.29, 0.717) is 36.0 Å². The average Bonchev–Trinajstić information content (AvgIpc) is 3.55. The van der Waals surface area contributed by atoms with E-state index in [1.54, 1.807) is 41.0 Å². The predicted molar refractivity (Wildman–Crippen MR) is 197 cm³/mol. The summed E-state index contributed by atoms with van der Waals surface area (Å²) in [6.07, 6.45) is -3.49. The van der Waals surface area contributed by atoms with Crippen molar-refractivity contribution in [3.8, 4) is 5.75 Å². The Balaban J connectivity index is 1.25. The largest absolute Gasteiger partial charge is 0.493 e. The molecule has 53 heavy (non-hydrogen) atoms. The Morgan fingerprint density at radius 3 is 2.15 bits per heavy atom. The van der Waals surface area contributed by atoms with E-state index in [4.69, 9.17) is 37.8 Å². The van der Waals surface area contributed by atoms with Crippen LogP contribution >= 0.6 is 23.2 Å². The Morgan fingerprint density at radius 2 is 1.53 bits per heavy atom. The minimum atomic E-state index is -4.61. The van der Waals surface area contributed by atoms with Crippen molar-refractivity contribution in [1.82, 2.24) is 20.6 Å². The Kier molecular flexibility index (Phi) is 12.2. The molecule has 9 nitrogen and oxygen atoms in total. The molecule has 2 heterocycles. The third kappa shape index (κ3) is 9.31. The van der Waals surface area contributed by atoms with Crippen molar-refractivity contribution >= 4 is 41.0 Å². The van der Waals surface area contributed by atoms with Crippen molar-refractivity contribution in [2.24, 2.45) is 4.99 Å². The number of carbonyl (C=O) groups excluding carboxylic acids is 2. The minimum Gasteiger partial charge on any atom is -0.493 e. The van der Waals surface area contributed by atoms with Crippen LogP contribution < -0.4 is 15.5 Å². The zero-order valence-electron chi connectivity index (χ0n) is 28.8. The highest BCUT2D eigenvalue weighted by Crippen LogP contribution is 2.46. The van der Waals surface area contributed by atoms with Crippen LogP contribution in [0.15, 0.2) is 102 Å². The highest BCUT2D eigenvalue weighted by atomic mass is 35.5. The molecule has 0 aliphatic carbocycles. The lowest BCUT2D eigenvalue weighted by Gasteiger charge is -2.38. The fourth-order valence-corrected chi connectivity index (χ4v) is 6.74. The van der Waals surface area contributed by atoms with Crippen molar-refractivity contribution < 1.29 is 32.3 Å². The molecule has 0 aromatic heterocycles. The Hall–Kier alpha value is -4.62. The Bertz CT molecular complexity index is 1910. The Labute approximate surface area is 315 Å². The third-order valence-electron chi connectivity index (χ3n) is 9.13.